The maximum absolute atomic E-state index is 13.1. The minimum absolute atomic E-state index is 0.126. The predicted molar refractivity (Wildman–Crippen MR) is 124 cm³/mol. The number of hydrogen-bond acceptors (Lipinski definition) is 8. The number of fused-ring (bicyclic) bond motifs is 2. The van der Waals surface area contributed by atoms with Crippen molar-refractivity contribution in [3.8, 4) is 17.4 Å². The van der Waals surface area contributed by atoms with Gasteiger partial charge in [0.1, 0.15) is 0 Å². The second kappa shape index (κ2) is 8.62. The Labute approximate surface area is 192 Å². The van der Waals surface area contributed by atoms with Gasteiger partial charge in [-0.1, -0.05) is 36.0 Å². The zero-order valence-electron chi connectivity index (χ0n) is 17.4. The average Bonchev–Trinajstić information content (AvgIpc) is 3.42. The largest absolute Gasteiger partial charge is 0.494 e. The molecule has 2 amide bonds. The summed E-state index contributed by atoms with van der Waals surface area (Å²) in [6.45, 7) is 0.624. The molecule has 0 aliphatic carbocycles. The molecular weight excluding hydrogens is 446 g/mol. The molecule has 0 radical (unpaired) electrons. The number of aliphatic imine (C=N–C) groups is 1. The SMILES string of the molecule is O=C1CSC(=O)N1CCN=Cc1c(O)n(Cc2ccc3c(c2)OCO3)c(=O)c2ccccc12. The number of hydrogen-bond donors (Lipinski definition) is 1. The molecule has 3 aromatic rings. The zero-order chi connectivity index (χ0) is 22.9. The summed E-state index contributed by atoms with van der Waals surface area (Å²) in [4.78, 5) is 42.1. The van der Waals surface area contributed by atoms with E-state index >= 15 is 0 Å². The van der Waals surface area contributed by atoms with Gasteiger partial charge in [-0.3, -0.25) is 28.8 Å². The van der Waals surface area contributed by atoms with Crippen LogP contribution < -0.4 is 15.0 Å². The van der Waals surface area contributed by atoms with Crippen LogP contribution in [0.15, 0.2) is 52.3 Å². The summed E-state index contributed by atoms with van der Waals surface area (Å²) < 4.78 is 12.0. The third-order valence-electron chi connectivity index (χ3n) is 5.48. The highest BCUT2D eigenvalue weighted by atomic mass is 32.2. The van der Waals surface area contributed by atoms with E-state index in [1.165, 1.54) is 15.7 Å². The number of amides is 2. The Balaban J connectivity index is 1.47. The number of aromatic nitrogens is 1. The minimum Gasteiger partial charge on any atom is -0.494 e. The molecule has 0 bridgehead atoms. The van der Waals surface area contributed by atoms with Gasteiger partial charge in [0.05, 0.1) is 24.4 Å². The Kier molecular flexibility index (Phi) is 5.51. The fourth-order valence-corrected chi connectivity index (χ4v) is 4.57. The van der Waals surface area contributed by atoms with Gasteiger partial charge in [-0.25, -0.2) is 0 Å². The molecule has 0 spiro atoms. The van der Waals surface area contributed by atoms with Gasteiger partial charge in [0, 0.05) is 23.5 Å². The fourth-order valence-electron chi connectivity index (χ4n) is 3.82. The molecule has 0 saturated carbocycles. The fraction of sp³-hybridized carbons (Fsp3) is 0.217. The first-order chi connectivity index (χ1) is 16.0. The first kappa shape index (κ1) is 21.1. The van der Waals surface area contributed by atoms with Crippen LogP contribution in [0.3, 0.4) is 0 Å². The van der Waals surface area contributed by atoms with Crippen LogP contribution in [-0.4, -0.2) is 57.6 Å². The van der Waals surface area contributed by atoms with E-state index in [1.54, 1.807) is 36.4 Å². The molecule has 2 aliphatic heterocycles. The molecule has 5 rings (SSSR count). The number of ether oxygens (including phenoxy) is 2. The quantitative estimate of drug-likeness (QED) is 0.557. The highest BCUT2D eigenvalue weighted by Crippen LogP contribution is 2.33. The number of pyridine rings is 1. The van der Waals surface area contributed by atoms with Gasteiger partial charge in [0.15, 0.2) is 11.5 Å². The third kappa shape index (κ3) is 3.93. The lowest BCUT2D eigenvalue weighted by Gasteiger charge is -2.14. The van der Waals surface area contributed by atoms with Gasteiger partial charge >= 0.3 is 0 Å². The maximum Gasteiger partial charge on any atom is 0.288 e. The normalized spacial score (nSPS) is 15.3. The third-order valence-corrected chi connectivity index (χ3v) is 6.34. The van der Waals surface area contributed by atoms with Crippen LogP contribution in [0.4, 0.5) is 4.79 Å². The molecule has 1 saturated heterocycles. The van der Waals surface area contributed by atoms with Crippen molar-refractivity contribution in [2.75, 3.05) is 25.6 Å². The number of aromatic hydroxyl groups is 1. The summed E-state index contributed by atoms with van der Waals surface area (Å²) in [7, 11) is 0. The molecule has 1 fully saturated rings. The van der Waals surface area contributed by atoms with E-state index in [0.717, 1.165) is 17.3 Å². The van der Waals surface area contributed by atoms with Gasteiger partial charge < -0.3 is 14.6 Å². The Morgan fingerprint density at radius 2 is 1.85 bits per heavy atom. The highest BCUT2D eigenvalue weighted by molar-refractivity contribution is 8.14. The second-order valence-electron chi connectivity index (χ2n) is 7.50. The highest BCUT2D eigenvalue weighted by Gasteiger charge is 2.29. The standard InChI is InChI=1S/C23H19N3O6S/c27-20-12-33-23(30)25(20)8-7-24-10-17-15-3-1-2-4-16(15)21(28)26(22(17)29)11-14-5-6-18-19(9-14)32-13-31-18/h1-6,9-10,29H,7-8,11-13H2. The number of thioether (sulfide) groups is 1. The number of benzene rings is 2. The molecule has 1 aromatic heterocycles. The smallest absolute Gasteiger partial charge is 0.288 e. The topological polar surface area (TPSA) is 110 Å². The number of rotatable bonds is 6. The van der Waals surface area contributed by atoms with Crippen LogP contribution in [-0.2, 0) is 11.3 Å². The number of imide groups is 1. The van der Waals surface area contributed by atoms with Gasteiger partial charge in [0.2, 0.25) is 18.6 Å². The number of carbonyl (C=O) groups is 2. The summed E-state index contributed by atoms with van der Waals surface area (Å²) in [6, 6.07) is 12.3. The summed E-state index contributed by atoms with van der Waals surface area (Å²) in [5.41, 5.74) is 0.820. The molecular formula is C23H19N3O6S. The Hall–Kier alpha value is -3.79. The van der Waals surface area contributed by atoms with Crippen molar-refractivity contribution in [3.63, 3.8) is 0 Å². The first-order valence-electron chi connectivity index (χ1n) is 10.2. The van der Waals surface area contributed by atoms with Crippen molar-refractivity contribution < 1.29 is 24.2 Å². The molecule has 2 aliphatic rings. The number of nitrogens with zero attached hydrogens (tertiary/aromatic N) is 3. The van der Waals surface area contributed by atoms with Crippen molar-refractivity contribution in [3.05, 3.63) is 63.9 Å². The molecule has 1 N–H and O–H groups in total. The predicted octanol–water partition coefficient (Wildman–Crippen LogP) is 2.60. The Morgan fingerprint density at radius 1 is 1.06 bits per heavy atom. The van der Waals surface area contributed by atoms with Crippen LogP contribution in [0.2, 0.25) is 0 Å². The van der Waals surface area contributed by atoms with E-state index in [0.29, 0.717) is 27.8 Å². The van der Waals surface area contributed by atoms with Gasteiger partial charge in [-0.05, 0) is 23.8 Å². The van der Waals surface area contributed by atoms with E-state index in [9.17, 15) is 19.5 Å². The minimum atomic E-state index is -0.330. The van der Waals surface area contributed by atoms with Gasteiger partial charge in [0.25, 0.3) is 10.8 Å². The van der Waals surface area contributed by atoms with Crippen LogP contribution >= 0.6 is 11.8 Å². The van der Waals surface area contributed by atoms with Gasteiger partial charge in [-0.15, -0.1) is 0 Å². The molecule has 0 atom stereocenters. The van der Waals surface area contributed by atoms with E-state index in [1.807, 2.05) is 6.07 Å². The summed E-state index contributed by atoms with van der Waals surface area (Å²) in [5, 5.41) is 11.7. The average molecular weight is 465 g/mol. The van der Waals surface area contributed by atoms with Crippen LogP contribution in [0, 0.1) is 0 Å². The molecule has 0 unspecified atom stereocenters. The summed E-state index contributed by atoms with van der Waals surface area (Å²) in [5.74, 6) is 0.926. The van der Waals surface area contributed by atoms with E-state index in [2.05, 4.69) is 4.99 Å². The second-order valence-corrected chi connectivity index (χ2v) is 8.42. The summed E-state index contributed by atoms with van der Waals surface area (Å²) in [6.07, 6.45) is 1.48. The zero-order valence-corrected chi connectivity index (χ0v) is 18.2. The van der Waals surface area contributed by atoms with Crippen LogP contribution in [0.1, 0.15) is 11.1 Å². The maximum atomic E-state index is 13.1. The molecule has 33 heavy (non-hydrogen) atoms. The molecule has 9 nitrogen and oxygen atoms in total. The molecule has 168 valence electrons. The van der Waals surface area contributed by atoms with Crippen molar-refractivity contribution >= 4 is 39.9 Å². The lowest BCUT2D eigenvalue weighted by Crippen LogP contribution is -2.31. The lowest BCUT2D eigenvalue weighted by molar-refractivity contribution is -0.124. The first-order valence-corrected chi connectivity index (χ1v) is 11.2. The monoisotopic (exact) mass is 465 g/mol. The van der Waals surface area contributed by atoms with Gasteiger partial charge in [-0.2, -0.15) is 0 Å². The van der Waals surface area contributed by atoms with Crippen molar-refractivity contribution in [1.29, 1.82) is 0 Å². The summed E-state index contributed by atoms with van der Waals surface area (Å²) >= 11 is 0.975. The Bertz CT molecular complexity index is 1350. The molecule has 3 heterocycles. The van der Waals surface area contributed by atoms with E-state index in [4.69, 9.17) is 9.47 Å². The van der Waals surface area contributed by atoms with Crippen LogP contribution in [0.25, 0.3) is 10.8 Å². The van der Waals surface area contributed by atoms with Crippen molar-refractivity contribution in [2.24, 2.45) is 4.99 Å². The van der Waals surface area contributed by atoms with Crippen molar-refractivity contribution in [2.45, 2.75) is 6.54 Å². The Morgan fingerprint density at radius 3 is 2.64 bits per heavy atom. The van der Waals surface area contributed by atoms with Crippen LogP contribution in [0.5, 0.6) is 17.4 Å². The molecule has 2 aromatic carbocycles. The van der Waals surface area contributed by atoms with E-state index in [-0.39, 0.29) is 54.8 Å². The molecule has 10 heteroatoms. The van der Waals surface area contributed by atoms with E-state index < -0.39 is 0 Å². The lowest BCUT2D eigenvalue weighted by atomic mass is 10.1. The number of carbonyl (C=O) groups excluding carboxylic acids is 2. The van der Waals surface area contributed by atoms with Crippen molar-refractivity contribution in [1.82, 2.24) is 9.47 Å².